The lowest BCUT2D eigenvalue weighted by molar-refractivity contribution is 0.145. The number of halogens is 1. The minimum absolute atomic E-state index is 0.467. The van der Waals surface area contributed by atoms with Crippen LogP contribution in [0, 0.1) is 16.7 Å². The topological polar surface area (TPSA) is 35.8 Å². The molecule has 1 aliphatic rings. The van der Waals surface area contributed by atoms with Crippen LogP contribution < -0.4 is 5.32 Å². The van der Waals surface area contributed by atoms with Crippen LogP contribution in [-0.2, 0) is 0 Å². The highest BCUT2D eigenvalue weighted by atomic mass is 79.9. The summed E-state index contributed by atoms with van der Waals surface area (Å²) in [4.78, 5) is 0. The first-order valence-corrected chi connectivity index (χ1v) is 6.92. The van der Waals surface area contributed by atoms with Crippen molar-refractivity contribution in [3.8, 4) is 6.07 Å². The van der Waals surface area contributed by atoms with Gasteiger partial charge in [0.1, 0.15) is 6.07 Å². The first kappa shape index (κ1) is 12.4. The lowest BCUT2D eigenvalue weighted by Gasteiger charge is -2.41. The molecule has 3 heteroatoms. The largest absolute Gasteiger partial charge is 0.383 e. The monoisotopic (exact) mass is 292 g/mol. The van der Waals surface area contributed by atoms with Crippen LogP contribution >= 0.6 is 15.9 Å². The van der Waals surface area contributed by atoms with Gasteiger partial charge in [-0.05, 0) is 42.9 Å². The Morgan fingerprint density at radius 2 is 2.24 bits per heavy atom. The van der Waals surface area contributed by atoms with E-state index in [1.165, 1.54) is 25.7 Å². The Bertz CT molecular complexity index is 439. The number of nitriles is 1. The molecule has 1 aromatic carbocycles. The molecule has 1 fully saturated rings. The number of benzene rings is 1. The van der Waals surface area contributed by atoms with E-state index in [2.05, 4.69) is 34.2 Å². The third-order valence-corrected chi connectivity index (χ3v) is 4.41. The summed E-state index contributed by atoms with van der Waals surface area (Å²) in [5, 5.41) is 12.5. The number of hydrogen-bond acceptors (Lipinski definition) is 2. The molecular formula is C14H17BrN2. The molecule has 0 unspecified atom stereocenters. The number of rotatable bonds is 4. The van der Waals surface area contributed by atoms with Gasteiger partial charge in [-0.15, -0.1) is 0 Å². The summed E-state index contributed by atoms with van der Waals surface area (Å²) < 4.78 is 1.01. The van der Waals surface area contributed by atoms with Crippen molar-refractivity contribution in [2.45, 2.75) is 32.6 Å². The standard InChI is InChI=1S/C14H17BrN2/c1-2-14(6-3-7-14)10-17-13-8-12(15)5-4-11(13)9-16/h4-5,8,17H,2-3,6-7,10H2,1H3. The van der Waals surface area contributed by atoms with Crippen molar-refractivity contribution >= 4 is 21.6 Å². The molecule has 1 aliphatic carbocycles. The van der Waals surface area contributed by atoms with Crippen LogP contribution in [0.2, 0.25) is 0 Å². The fourth-order valence-electron chi connectivity index (χ4n) is 2.38. The zero-order valence-electron chi connectivity index (χ0n) is 10.1. The molecule has 1 N–H and O–H groups in total. The van der Waals surface area contributed by atoms with Crippen molar-refractivity contribution in [1.82, 2.24) is 0 Å². The number of hydrogen-bond donors (Lipinski definition) is 1. The fourth-order valence-corrected chi connectivity index (χ4v) is 2.74. The second-order valence-electron chi connectivity index (χ2n) is 4.86. The highest BCUT2D eigenvalue weighted by Gasteiger charge is 2.34. The van der Waals surface area contributed by atoms with Gasteiger partial charge in [0.05, 0.1) is 11.3 Å². The molecule has 17 heavy (non-hydrogen) atoms. The summed E-state index contributed by atoms with van der Waals surface area (Å²) in [6.45, 7) is 3.24. The normalized spacial score (nSPS) is 17.0. The Morgan fingerprint density at radius 1 is 1.47 bits per heavy atom. The van der Waals surface area contributed by atoms with Crippen molar-refractivity contribution in [3.05, 3.63) is 28.2 Å². The van der Waals surface area contributed by atoms with Gasteiger partial charge >= 0.3 is 0 Å². The summed E-state index contributed by atoms with van der Waals surface area (Å²) in [6, 6.07) is 7.97. The van der Waals surface area contributed by atoms with Crippen LogP contribution in [0.25, 0.3) is 0 Å². The Morgan fingerprint density at radius 3 is 2.76 bits per heavy atom. The number of anilines is 1. The second kappa shape index (κ2) is 5.10. The molecule has 1 saturated carbocycles. The Hall–Kier alpha value is -1.01. The highest BCUT2D eigenvalue weighted by molar-refractivity contribution is 9.10. The Kier molecular flexibility index (Phi) is 3.73. The molecule has 0 amide bonds. The van der Waals surface area contributed by atoms with Crippen LogP contribution in [0.4, 0.5) is 5.69 Å². The Balaban J connectivity index is 2.08. The van der Waals surface area contributed by atoms with E-state index in [0.29, 0.717) is 5.41 Å². The van der Waals surface area contributed by atoms with Crippen molar-refractivity contribution < 1.29 is 0 Å². The molecule has 0 saturated heterocycles. The molecule has 0 aromatic heterocycles. The van der Waals surface area contributed by atoms with Crippen LogP contribution in [0.1, 0.15) is 38.2 Å². The van der Waals surface area contributed by atoms with Gasteiger partial charge in [-0.1, -0.05) is 29.3 Å². The maximum atomic E-state index is 9.06. The maximum Gasteiger partial charge on any atom is 0.101 e. The van der Waals surface area contributed by atoms with Gasteiger partial charge in [0, 0.05) is 11.0 Å². The van der Waals surface area contributed by atoms with E-state index in [0.717, 1.165) is 22.3 Å². The molecule has 0 spiro atoms. The van der Waals surface area contributed by atoms with Crippen LogP contribution in [-0.4, -0.2) is 6.54 Å². The molecular weight excluding hydrogens is 276 g/mol. The van der Waals surface area contributed by atoms with Crippen molar-refractivity contribution in [2.75, 3.05) is 11.9 Å². The van der Waals surface area contributed by atoms with Gasteiger partial charge in [-0.2, -0.15) is 5.26 Å². The third kappa shape index (κ3) is 2.63. The zero-order chi connectivity index (χ0) is 12.3. The molecule has 2 rings (SSSR count). The lowest BCUT2D eigenvalue weighted by atomic mass is 9.67. The number of nitrogens with one attached hydrogen (secondary N) is 1. The van der Waals surface area contributed by atoms with E-state index in [1.807, 2.05) is 18.2 Å². The first-order valence-electron chi connectivity index (χ1n) is 6.13. The molecule has 0 aliphatic heterocycles. The number of nitrogens with zero attached hydrogens (tertiary/aromatic N) is 1. The predicted molar refractivity (Wildman–Crippen MR) is 73.9 cm³/mol. The first-order chi connectivity index (χ1) is 8.19. The smallest absolute Gasteiger partial charge is 0.101 e. The van der Waals surface area contributed by atoms with Crippen molar-refractivity contribution in [3.63, 3.8) is 0 Å². The molecule has 0 bridgehead atoms. The minimum atomic E-state index is 0.467. The summed E-state index contributed by atoms with van der Waals surface area (Å²) in [5.74, 6) is 0. The highest BCUT2D eigenvalue weighted by Crippen LogP contribution is 2.43. The van der Waals surface area contributed by atoms with Crippen molar-refractivity contribution in [2.24, 2.45) is 5.41 Å². The average Bonchev–Trinajstić information content (AvgIpc) is 2.28. The van der Waals surface area contributed by atoms with Gasteiger partial charge in [0.25, 0.3) is 0 Å². The van der Waals surface area contributed by atoms with E-state index in [-0.39, 0.29) is 0 Å². The van der Waals surface area contributed by atoms with E-state index in [4.69, 9.17) is 5.26 Å². The SMILES string of the molecule is CCC1(CNc2cc(Br)ccc2C#N)CCC1. The van der Waals surface area contributed by atoms with Gasteiger partial charge in [-0.25, -0.2) is 0 Å². The maximum absolute atomic E-state index is 9.06. The van der Waals surface area contributed by atoms with E-state index >= 15 is 0 Å². The molecule has 0 heterocycles. The molecule has 0 radical (unpaired) electrons. The van der Waals surface area contributed by atoms with E-state index < -0.39 is 0 Å². The fraction of sp³-hybridized carbons (Fsp3) is 0.500. The van der Waals surface area contributed by atoms with Gasteiger partial charge in [0.15, 0.2) is 0 Å². The Labute approximate surface area is 111 Å². The van der Waals surface area contributed by atoms with Crippen LogP contribution in [0.15, 0.2) is 22.7 Å². The predicted octanol–water partition coefficient (Wildman–Crippen LogP) is 4.31. The molecule has 0 atom stereocenters. The van der Waals surface area contributed by atoms with Gasteiger partial charge in [-0.3, -0.25) is 0 Å². The van der Waals surface area contributed by atoms with Gasteiger partial charge < -0.3 is 5.32 Å². The summed E-state index contributed by atoms with van der Waals surface area (Å²) in [7, 11) is 0. The molecule has 2 nitrogen and oxygen atoms in total. The van der Waals surface area contributed by atoms with E-state index in [1.54, 1.807) is 0 Å². The average molecular weight is 293 g/mol. The molecule has 90 valence electrons. The summed E-state index contributed by atoms with van der Waals surface area (Å²) in [6.07, 6.45) is 5.19. The quantitative estimate of drug-likeness (QED) is 0.897. The minimum Gasteiger partial charge on any atom is -0.383 e. The van der Waals surface area contributed by atoms with E-state index in [9.17, 15) is 0 Å². The third-order valence-electron chi connectivity index (χ3n) is 3.92. The summed E-state index contributed by atoms with van der Waals surface area (Å²) >= 11 is 3.44. The van der Waals surface area contributed by atoms with Gasteiger partial charge in [0.2, 0.25) is 0 Å². The molecule has 1 aromatic rings. The van der Waals surface area contributed by atoms with Crippen LogP contribution in [0.3, 0.4) is 0 Å². The van der Waals surface area contributed by atoms with Crippen molar-refractivity contribution in [1.29, 1.82) is 5.26 Å². The summed E-state index contributed by atoms with van der Waals surface area (Å²) in [5.41, 5.74) is 2.13. The second-order valence-corrected chi connectivity index (χ2v) is 5.78. The zero-order valence-corrected chi connectivity index (χ0v) is 11.7. The lowest BCUT2D eigenvalue weighted by Crippen LogP contribution is -2.35. The van der Waals surface area contributed by atoms with Crippen LogP contribution in [0.5, 0.6) is 0 Å².